The maximum Gasteiger partial charge on any atom is 0.284 e. The van der Waals surface area contributed by atoms with E-state index in [9.17, 15) is 9.59 Å². The van der Waals surface area contributed by atoms with Gasteiger partial charge in [-0.2, -0.15) is 0 Å². The molecule has 1 aliphatic heterocycles. The highest BCUT2D eigenvalue weighted by atomic mass is 16.2. The molecule has 1 N–H and O–H groups in total. The Hall–Kier alpha value is -3.80. The molecular formula is C20H15N4O2+. The van der Waals surface area contributed by atoms with E-state index in [0.29, 0.717) is 22.5 Å². The lowest BCUT2D eigenvalue weighted by atomic mass is 10.1. The summed E-state index contributed by atoms with van der Waals surface area (Å²) < 4.78 is 0. The van der Waals surface area contributed by atoms with Gasteiger partial charge in [-0.05, 0) is 24.3 Å². The van der Waals surface area contributed by atoms with Gasteiger partial charge in [0.2, 0.25) is 0 Å². The van der Waals surface area contributed by atoms with E-state index < -0.39 is 11.8 Å². The number of imide groups is 1. The molecule has 6 nitrogen and oxygen atoms in total. The van der Waals surface area contributed by atoms with Crippen LogP contribution in [0.15, 0.2) is 90.0 Å². The molecule has 0 fully saturated rings. The number of hydrogen-bond acceptors (Lipinski definition) is 3. The van der Waals surface area contributed by atoms with E-state index in [0.717, 1.165) is 5.01 Å². The van der Waals surface area contributed by atoms with Crippen molar-refractivity contribution in [3.05, 3.63) is 96.1 Å². The fourth-order valence-electron chi connectivity index (χ4n) is 2.69. The molecule has 0 saturated heterocycles. The SMILES string of the molecule is O=C1c2ccccc2C(=O)N1N[N+](=Nc1ccccc1)c1ccccc1. The number of nitrogens with one attached hydrogen (secondary N) is 1. The molecule has 6 heteroatoms. The normalized spacial score (nSPS) is 13.7. The Bertz CT molecular complexity index is 966. The van der Waals surface area contributed by atoms with Crippen LogP contribution in [0.25, 0.3) is 0 Å². The highest BCUT2D eigenvalue weighted by molar-refractivity contribution is 6.20. The highest BCUT2D eigenvalue weighted by Crippen LogP contribution is 2.22. The Morgan fingerprint density at radius 1 is 0.692 bits per heavy atom. The van der Waals surface area contributed by atoms with Gasteiger partial charge in [-0.15, -0.1) is 5.01 Å². The summed E-state index contributed by atoms with van der Waals surface area (Å²) in [6, 6.07) is 25.3. The summed E-state index contributed by atoms with van der Waals surface area (Å²) in [5, 5.41) is 5.48. The van der Waals surface area contributed by atoms with Crippen molar-refractivity contribution in [2.75, 3.05) is 0 Å². The number of carbonyl (C=O) groups excluding carboxylic acids is 2. The zero-order chi connectivity index (χ0) is 17.9. The van der Waals surface area contributed by atoms with Crippen molar-refractivity contribution in [2.24, 2.45) is 5.11 Å². The van der Waals surface area contributed by atoms with E-state index in [2.05, 4.69) is 10.6 Å². The minimum atomic E-state index is -0.408. The van der Waals surface area contributed by atoms with E-state index in [-0.39, 0.29) is 0 Å². The largest absolute Gasteiger partial charge is 0.284 e. The van der Waals surface area contributed by atoms with Gasteiger partial charge in [0, 0.05) is 17.2 Å². The summed E-state index contributed by atoms with van der Waals surface area (Å²) in [7, 11) is 0. The van der Waals surface area contributed by atoms with Gasteiger partial charge < -0.3 is 0 Å². The Kier molecular flexibility index (Phi) is 3.99. The van der Waals surface area contributed by atoms with Crippen LogP contribution in [0.4, 0.5) is 11.4 Å². The molecule has 0 spiro atoms. The number of azo groups is 1. The van der Waals surface area contributed by atoms with E-state index in [1.165, 1.54) is 4.81 Å². The summed E-state index contributed by atoms with van der Waals surface area (Å²) in [6.07, 6.45) is 0. The van der Waals surface area contributed by atoms with Crippen molar-refractivity contribution in [2.45, 2.75) is 0 Å². The molecule has 0 unspecified atom stereocenters. The lowest BCUT2D eigenvalue weighted by Gasteiger charge is -2.11. The van der Waals surface area contributed by atoms with Crippen LogP contribution >= 0.6 is 0 Å². The lowest BCUT2D eigenvalue weighted by Crippen LogP contribution is -2.46. The molecule has 1 aliphatic rings. The second-order valence-electron chi connectivity index (χ2n) is 5.67. The zero-order valence-corrected chi connectivity index (χ0v) is 13.7. The molecule has 0 bridgehead atoms. The first-order valence-electron chi connectivity index (χ1n) is 8.10. The first kappa shape index (κ1) is 15.7. The molecule has 0 atom stereocenters. The van der Waals surface area contributed by atoms with Crippen LogP contribution in [0.5, 0.6) is 0 Å². The average Bonchev–Trinajstić information content (AvgIpc) is 2.94. The van der Waals surface area contributed by atoms with Gasteiger partial charge in [-0.3, -0.25) is 9.59 Å². The number of hydrogen-bond donors (Lipinski definition) is 1. The molecule has 0 saturated carbocycles. The topological polar surface area (TPSA) is 64.8 Å². The molecule has 0 radical (unpaired) electrons. The number of para-hydroxylation sites is 1. The van der Waals surface area contributed by atoms with Gasteiger partial charge in [0.25, 0.3) is 17.5 Å². The molecule has 0 aliphatic carbocycles. The Morgan fingerprint density at radius 3 is 1.77 bits per heavy atom. The van der Waals surface area contributed by atoms with E-state index in [1.54, 1.807) is 24.3 Å². The van der Waals surface area contributed by atoms with Crippen molar-refractivity contribution < 1.29 is 14.4 Å². The maximum atomic E-state index is 12.6. The molecule has 1 heterocycles. The summed E-state index contributed by atoms with van der Waals surface area (Å²) in [5.41, 5.74) is 4.94. The number of benzene rings is 3. The second kappa shape index (κ2) is 6.60. The molecule has 0 aromatic heterocycles. The van der Waals surface area contributed by atoms with Crippen LogP contribution in [0.1, 0.15) is 20.7 Å². The van der Waals surface area contributed by atoms with Crippen molar-refractivity contribution >= 4 is 23.2 Å². The first-order valence-corrected chi connectivity index (χ1v) is 8.10. The predicted octanol–water partition coefficient (Wildman–Crippen LogP) is 3.83. The lowest BCUT2D eigenvalue weighted by molar-refractivity contribution is -0.591. The molecule has 3 aromatic rings. The van der Waals surface area contributed by atoms with Gasteiger partial charge >= 0.3 is 0 Å². The Balaban J connectivity index is 1.72. The minimum absolute atomic E-state index is 0.373. The molecule has 2 amide bonds. The fourth-order valence-corrected chi connectivity index (χ4v) is 2.69. The second-order valence-corrected chi connectivity index (χ2v) is 5.67. The van der Waals surface area contributed by atoms with Gasteiger partial charge in [-0.1, -0.05) is 54.1 Å². The number of hydrazine groups is 2. The van der Waals surface area contributed by atoms with Crippen molar-refractivity contribution in [3.8, 4) is 0 Å². The van der Waals surface area contributed by atoms with Gasteiger partial charge in [0.05, 0.1) is 15.9 Å². The average molecular weight is 343 g/mol. The Labute approximate surface area is 149 Å². The van der Waals surface area contributed by atoms with Crippen LogP contribution in [-0.4, -0.2) is 21.6 Å². The van der Waals surface area contributed by atoms with Gasteiger partial charge in [-0.25, -0.2) is 0 Å². The minimum Gasteiger partial charge on any atom is -0.266 e. The van der Waals surface area contributed by atoms with Crippen molar-refractivity contribution in [3.63, 3.8) is 0 Å². The standard InChI is InChI=1S/C20H15N4O2/c25-19-17-13-7-8-14-18(17)20(26)23(19)22-24(16-11-5-2-6-12-16)21-15-9-3-1-4-10-15/h1-14H,(H,21,22)/q+1. The monoisotopic (exact) mass is 343 g/mol. The van der Waals surface area contributed by atoms with E-state index >= 15 is 0 Å². The number of amides is 2. The predicted molar refractivity (Wildman–Crippen MR) is 95.0 cm³/mol. The first-order chi connectivity index (χ1) is 12.7. The van der Waals surface area contributed by atoms with Crippen LogP contribution in [0, 0.1) is 0 Å². The maximum absolute atomic E-state index is 12.6. The highest BCUT2D eigenvalue weighted by Gasteiger charge is 2.38. The van der Waals surface area contributed by atoms with Crippen LogP contribution in [0.2, 0.25) is 0 Å². The number of nitrogens with zero attached hydrogens (tertiary/aromatic N) is 3. The molecule has 3 aromatic carbocycles. The number of carbonyl (C=O) groups is 2. The van der Waals surface area contributed by atoms with Crippen molar-refractivity contribution in [1.29, 1.82) is 0 Å². The Morgan fingerprint density at radius 2 is 1.19 bits per heavy atom. The summed E-state index contributed by atoms with van der Waals surface area (Å²) in [4.78, 5) is 26.6. The van der Waals surface area contributed by atoms with E-state index in [1.807, 2.05) is 60.7 Å². The van der Waals surface area contributed by atoms with Crippen LogP contribution < -0.4 is 5.53 Å². The quantitative estimate of drug-likeness (QED) is 0.339. The molecule has 126 valence electrons. The summed E-state index contributed by atoms with van der Waals surface area (Å²) in [6.45, 7) is 0. The number of rotatable bonds is 4. The van der Waals surface area contributed by atoms with Gasteiger partial charge in [0.1, 0.15) is 5.69 Å². The third-order valence-electron chi connectivity index (χ3n) is 3.96. The zero-order valence-electron chi connectivity index (χ0n) is 13.7. The third kappa shape index (κ3) is 2.84. The van der Waals surface area contributed by atoms with E-state index in [4.69, 9.17) is 0 Å². The summed E-state index contributed by atoms with van der Waals surface area (Å²) in [5.74, 6) is -0.815. The van der Waals surface area contributed by atoms with Crippen LogP contribution in [0.3, 0.4) is 0 Å². The molecule has 4 rings (SSSR count). The van der Waals surface area contributed by atoms with Crippen molar-refractivity contribution in [1.82, 2.24) is 10.5 Å². The smallest absolute Gasteiger partial charge is 0.266 e. The molecule has 26 heavy (non-hydrogen) atoms. The van der Waals surface area contributed by atoms with Gasteiger partial charge in [0.15, 0.2) is 0 Å². The fraction of sp³-hybridized carbons (Fsp3) is 0. The number of fused-ring (bicyclic) bond motifs is 1. The third-order valence-corrected chi connectivity index (χ3v) is 3.96. The van der Waals surface area contributed by atoms with Crippen LogP contribution in [-0.2, 0) is 0 Å². The summed E-state index contributed by atoms with van der Waals surface area (Å²) >= 11 is 0. The molecular weight excluding hydrogens is 328 g/mol.